The van der Waals surface area contributed by atoms with Crippen molar-refractivity contribution in [2.75, 3.05) is 27.4 Å². The SMILES string of the molecule is COc1ccc(C2O[C@H]3[C@H](OCc4ccccc4)[C@H](OCc4ccccc4)[C@H](O[C@H]4[C@H](OCc5ccccc5)[C@@H](OCc5ccccc5)[C@@H](OC)O[C@@H]4COCc4ccccc4)O[C@@H]3[C@@H](CO[Si](c3ccccc3)(c3ccccc3)C(C)(C)C)O2)cc1. The maximum absolute atomic E-state index is 7.81. The lowest BCUT2D eigenvalue weighted by atomic mass is 9.92. The van der Waals surface area contributed by atoms with E-state index in [4.69, 9.17) is 61.3 Å². The van der Waals surface area contributed by atoms with Crippen LogP contribution in [0, 0.1) is 0 Å². The maximum Gasteiger partial charge on any atom is 0.261 e. The number of hydrogen-bond acceptors (Lipinski definition) is 13. The fraction of sp³-hybridized carbons (Fsp3) is 0.342. The zero-order chi connectivity index (χ0) is 59.8. The lowest BCUT2D eigenvalue weighted by Gasteiger charge is -2.53. The van der Waals surface area contributed by atoms with Gasteiger partial charge in [-0.2, -0.15) is 0 Å². The quantitative estimate of drug-likeness (QED) is 0.0479. The van der Waals surface area contributed by atoms with Crippen molar-refractivity contribution in [1.82, 2.24) is 0 Å². The molecule has 12 atom stereocenters. The molecular weight excluding hydrogens is 1110 g/mol. The lowest BCUT2D eigenvalue weighted by Crippen LogP contribution is -2.70. The molecule has 3 saturated heterocycles. The summed E-state index contributed by atoms with van der Waals surface area (Å²) < 4.78 is 92.0. The molecule has 0 aliphatic carbocycles. The summed E-state index contributed by atoms with van der Waals surface area (Å²) in [7, 11) is 0.0750. The van der Waals surface area contributed by atoms with Crippen molar-refractivity contribution in [3.05, 3.63) is 270 Å². The molecule has 0 spiro atoms. The Labute approximate surface area is 513 Å². The van der Waals surface area contributed by atoms with Gasteiger partial charge in [-0.1, -0.05) is 245 Å². The molecule has 0 aromatic heterocycles. The van der Waals surface area contributed by atoms with Crippen molar-refractivity contribution in [2.45, 2.75) is 133 Å². The van der Waals surface area contributed by atoms with E-state index in [0.717, 1.165) is 43.8 Å². The van der Waals surface area contributed by atoms with Gasteiger partial charge in [0, 0.05) is 12.7 Å². The van der Waals surface area contributed by atoms with Gasteiger partial charge in [0.05, 0.1) is 53.4 Å². The number of ether oxygens (including phenoxy) is 12. The van der Waals surface area contributed by atoms with Crippen LogP contribution in [0.4, 0.5) is 0 Å². The van der Waals surface area contributed by atoms with Crippen LogP contribution >= 0.6 is 0 Å². The summed E-state index contributed by atoms with van der Waals surface area (Å²) in [5.41, 5.74) is 5.59. The molecule has 0 radical (unpaired) electrons. The molecule has 1 unspecified atom stereocenters. The van der Waals surface area contributed by atoms with Gasteiger partial charge < -0.3 is 61.3 Å². The Kier molecular flexibility index (Phi) is 21.4. The molecule has 3 aliphatic rings. The van der Waals surface area contributed by atoms with Crippen molar-refractivity contribution in [3.63, 3.8) is 0 Å². The van der Waals surface area contributed by atoms with E-state index >= 15 is 0 Å². The van der Waals surface area contributed by atoms with Gasteiger partial charge in [-0.05, 0) is 55.4 Å². The van der Waals surface area contributed by atoms with Crippen molar-refractivity contribution in [2.24, 2.45) is 0 Å². The van der Waals surface area contributed by atoms with Crippen LogP contribution in [-0.2, 0) is 89.6 Å². The van der Waals surface area contributed by atoms with Gasteiger partial charge >= 0.3 is 0 Å². The minimum atomic E-state index is -3.19. The van der Waals surface area contributed by atoms with E-state index in [0.29, 0.717) is 12.4 Å². The maximum atomic E-state index is 7.81. The molecule has 3 heterocycles. The fourth-order valence-corrected chi connectivity index (χ4v) is 16.6. The number of methoxy groups -OCH3 is 2. The van der Waals surface area contributed by atoms with E-state index in [-0.39, 0.29) is 44.7 Å². The zero-order valence-electron chi connectivity index (χ0n) is 50.2. The van der Waals surface area contributed by atoms with Crippen LogP contribution in [-0.4, -0.2) is 103 Å². The predicted molar refractivity (Wildman–Crippen MR) is 334 cm³/mol. The summed E-state index contributed by atoms with van der Waals surface area (Å²) in [5, 5.41) is 1.89. The Morgan fingerprint density at radius 3 is 1.25 bits per heavy atom. The molecule has 14 heteroatoms. The second-order valence-corrected chi connectivity index (χ2v) is 27.6. The topological polar surface area (TPSA) is 120 Å². The molecule has 3 fully saturated rings. The average molecular weight is 1190 g/mol. The van der Waals surface area contributed by atoms with Crippen molar-refractivity contribution in [3.8, 4) is 5.75 Å². The number of rotatable bonds is 26. The molecule has 0 bridgehead atoms. The molecule has 8 aromatic rings. The van der Waals surface area contributed by atoms with Crippen LogP contribution in [0.15, 0.2) is 237 Å². The molecular formula is C73H80O13Si. The highest BCUT2D eigenvalue weighted by molar-refractivity contribution is 6.99. The van der Waals surface area contributed by atoms with Crippen LogP contribution in [0.1, 0.15) is 60.4 Å². The Balaban J connectivity index is 1.04. The molecule has 454 valence electrons. The molecule has 0 saturated carbocycles. The highest BCUT2D eigenvalue weighted by Gasteiger charge is 2.59. The first kappa shape index (κ1) is 61.9. The monoisotopic (exact) mass is 1190 g/mol. The number of benzene rings is 8. The lowest BCUT2D eigenvalue weighted by molar-refractivity contribution is -0.408. The van der Waals surface area contributed by atoms with Gasteiger partial charge in [0.15, 0.2) is 18.9 Å². The van der Waals surface area contributed by atoms with E-state index in [1.165, 1.54) is 0 Å². The van der Waals surface area contributed by atoms with Crippen molar-refractivity contribution < 1.29 is 61.3 Å². The van der Waals surface area contributed by atoms with Crippen LogP contribution in [0.3, 0.4) is 0 Å². The van der Waals surface area contributed by atoms with Crippen LogP contribution in [0.2, 0.25) is 5.04 Å². The molecule has 0 N–H and O–H groups in total. The van der Waals surface area contributed by atoms with E-state index in [1.807, 2.05) is 188 Å². The van der Waals surface area contributed by atoms with Gasteiger partial charge in [-0.3, -0.25) is 0 Å². The molecule has 87 heavy (non-hydrogen) atoms. The normalized spacial score (nSPS) is 24.9. The third kappa shape index (κ3) is 15.2. The first-order valence-corrected chi connectivity index (χ1v) is 32.0. The minimum absolute atomic E-state index is 0.0863. The van der Waals surface area contributed by atoms with Gasteiger partial charge in [0.1, 0.15) is 60.7 Å². The van der Waals surface area contributed by atoms with Crippen LogP contribution in [0.5, 0.6) is 5.75 Å². The summed E-state index contributed by atoms with van der Waals surface area (Å²) in [6.45, 7) is 8.16. The first-order valence-electron chi connectivity index (χ1n) is 30.1. The zero-order valence-corrected chi connectivity index (χ0v) is 51.2. The summed E-state index contributed by atoms with van der Waals surface area (Å²) in [6, 6.07) is 79.2. The predicted octanol–water partition coefficient (Wildman–Crippen LogP) is 12.1. The highest BCUT2D eigenvalue weighted by atomic mass is 28.4. The van der Waals surface area contributed by atoms with Gasteiger partial charge in [-0.15, -0.1) is 0 Å². The minimum Gasteiger partial charge on any atom is -0.497 e. The molecule has 13 nitrogen and oxygen atoms in total. The Morgan fingerprint density at radius 2 is 0.805 bits per heavy atom. The molecule has 8 aromatic carbocycles. The molecule has 0 amide bonds. The second kappa shape index (κ2) is 30.0. The van der Waals surface area contributed by atoms with Crippen molar-refractivity contribution >= 4 is 18.7 Å². The van der Waals surface area contributed by atoms with Crippen LogP contribution < -0.4 is 15.1 Å². The third-order valence-electron chi connectivity index (χ3n) is 16.4. The largest absolute Gasteiger partial charge is 0.497 e. The Morgan fingerprint density at radius 1 is 0.379 bits per heavy atom. The molecule has 11 rings (SSSR count). The Hall–Kier alpha value is -6.70. The van der Waals surface area contributed by atoms with Crippen molar-refractivity contribution in [1.29, 1.82) is 0 Å². The van der Waals surface area contributed by atoms with Gasteiger partial charge in [-0.25, -0.2) is 0 Å². The summed E-state index contributed by atoms with van der Waals surface area (Å²) in [5.74, 6) is 0.699. The summed E-state index contributed by atoms with van der Waals surface area (Å²) in [6.07, 6.45) is -10.7. The highest BCUT2D eigenvalue weighted by Crippen LogP contribution is 2.44. The average Bonchev–Trinajstić information content (AvgIpc) is 0.931. The first-order chi connectivity index (χ1) is 42.7. The summed E-state index contributed by atoms with van der Waals surface area (Å²) >= 11 is 0. The number of hydrogen-bond donors (Lipinski definition) is 0. The van der Waals surface area contributed by atoms with E-state index in [1.54, 1.807) is 14.2 Å². The standard InChI is InChI=1S/C73H80O13Si/c1-73(2,3)87(59-37-23-11-24-38-59,60-39-25-12-26-40-60)81-51-62-64-67(86-70(82-62)57-41-43-58(74-4)44-42-57)66(78-47-54-31-17-8-18-32-54)69(80-49-56-35-21-10-22-36-56)72(85-64)84-63-61(50-76-45-52-27-13-6-14-28-52)83-71(75-5)68(79-48-55-33-19-9-20-34-55)65(63)77-46-53-29-15-7-16-30-53/h6-44,61-72H,45-51H2,1-5H3/t61-,62-,63-,64-,65+,66+,67-,68-,69+,70?,71+,72-/m1/s1. The second-order valence-electron chi connectivity index (χ2n) is 23.2. The fourth-order valence-electron chi connectivity index (χ4n) is 12.0. The molecule has 3 aliphatic heterocycles. The summed E-state index contributed by atoms with van der Waals surface area (Å²) in [4.78, 5) is 0. The smallest absolute Gasteiger partial charge is 0.261 e. The van der Waals surface area contributed by atoms with Gasteiger partial charge in [0.25, 0.3) is 8.32 Å². The number of fused-ring (bicyclic) bond motifs is 1. The van der Waals surface area contributed by atoms with Crippen LogP contribution in [0.25, 0.3) is 0 Å². The third-order valence-corrected chi connectivity index (χ3v) is 21.4. The van der Waals surface area contributed by atoms with E-state index in [2.05, 4.69) is 69.3 Å². The van der Waals surface area contributed by atoms with Gasteiger partial charge in [0.2, 0.25) is 0 Å². The Bertz CT molecular complexity index is 3220. The van der Waals surface area contributed by atoms with E-state index < -0.39 is 82.1 Å². The van der Waals surface area contributed by atoms with E-state index in [9.17, 15) is 0 Å².